The number of nitrogens with zero attached hydrogens (tertiary/aromatic N) is 5. The van der Waals surface area contributed by atoms with E-state index in [2.05, 4.69) is 55.8 Å². The highest BCUT2D eigenvalue weighted by atomic mass is 32.1. The zero-order valence-corrected chi connectivity index (χ0v) is 18.7. The molecule has 4 rings (SSSR count). The minimum absolute atomic E-state index is 0.427. The number of aryl methyl sites for hydroxylation is 1. The number of guanidine groups is 1. The van der Waals surface area contributed by atoms with Crippen LogP contribution in [-0.4, -0.2) is 65.3 Å². The van der Waals surface area contributed by atoms with Crippen LogP contribution >= 0.6 is 11.3 Å². The van der Waals surface area contributed by atoms with Crippen LogP contribution in [0.15, 0.2) is 34.9 Å². The molecule has 2 aromatic rings. The second-order valence-electron chi connectivity index (χ2n) is 8.56. The zero-order valence-electron chi connectivity index (χ0n) is 17.9. The van der Waals surface area contributed by atoms with Gasteiger partial charge in [-0.1, -0.05) is 13.0 Å². The first-order valence-corrected chi connectivity index (χ1v) is 11.7. The summed E-state index contributed by atoms with van der Waals surface area (Å²) in [5.41, 5.74) is 1.34. The molecule has 7 heteroatoms. The predicted octanol–water partition coefficient (Wildman–Crippen LogP) is 3.32. The molecule has 0 radical (unpaired) electrons. The Balaban J connectivity index is 1.38. The Bertz CT molecular complexity index is 790. The molecule has 0 aliphatic carbocycles. The summed E-state index contributed by atoms with van der Waals surface area (Å²) in [5.74, 6) is 2.42. The van der Waals surface area contributed by atoms with Gasteiger partial charge in [0.2, 0.25) is 0 Å². The first kappa shape index (κ1) is 20.4. The molecule has 2 aliphatic rings. The second kappa shape index (κ2) is 9.30. The number of hydrogen-bond donors (Lipinski definition) is 1. The normalized spacial score (nSPS) is 22.9. The van der Waals surface area contributed by atoms with E-state index in [4.69, 9.17) is 0 Å². The van der Waals surface area contributed by atoms with Crippen LogP contribution in [0.3, 0.4) is 0 Å². The van der Waals surface area contributed by atoms with Crippen molar-refractivity contribution in [3.8, 4) is 0 Å². The lowest BCUT2D eigenvalue weighted by Crippen LogP contribution is -2.45. The SMILES string of the molecule is CN=C(NCC(c1cccs1)N1CCC(C)CC1)N1CCC(c2cnn(C)c2)C1. The van der Waals surface area contributed by atoms with Gasteiger partial charge in [0.25, 0.3) is 0 Å². The maximum atomic E-state index is 4.61. The molecular weight excluding hydrogens is 380 g/mol. The summed E-state index contributed by atoms with van der Waals surface area (Å²) in [4.78, 5) is 11.1. The van der Waals surface area contributed by atoms with Crippen LogP contribution in [0.1, 0.15) is 48.6 Å². The van der Waals surface area contributed by atoms with E-state index in [0.717, 1.165) is 37.9 Å². The van der Waals surface area contributed by atoms with Crippen molar-refractivity contribution in [3.05, 3.63) is 40.3 Å². The molecule has 0 saturated carbocycles. The molecule has 6 nitrogen and oxygen atoms in total. The standard InChI is InChI=1S/C22H34N6S/c1-17-6-9-27(10-7-17)20(21-5-4-12-29-21)14-24-22(23-2)28-11-8-18(16-28)19-13-25-26(3)15-19/h4-5,12-13,15,17-18,20H,6-11,14,16H2,1-3H3,(H,23,24). The van der Waals surface area contributed by atoms with Crippen molar-refractivity contribution in [2.24, 2.45) is 18.0 Å². The highest BCUT2D eigenvalue weighted by Gasteiger charge is 2.29. The van der Waals surface area contributed by atoms with Crippen molar-refractivity contribution < 1.29 is 0 Å². The predicted molar refractivity (Wildman–Crippen MR) is 121 cm³/mol. The lowest BCUT2D eigenvalue weighted by Gasteiger charge is -2.37. The van der Waals surface area contributed by atoms with Crippen molar-refractivity contribution in [2.45, 2.75) is 38.1 Å². The van der Waals surface area contributed by atoms with Gasteiger partial charge in [-0.05, 0) is 55.3 Å². The fourth-order valence-corrected chi connectivity index (χ4v) is 5.49. The lowest BCUT2D eigenvalue weighted by molar-refractivity contribution is 0.140. The Labute approximate surface area is 178 Å². The van der Waals surface area contributed by atoms with Crippen LogP contribution in [-0.2, 0) is 7.05 Å². The van der Waals surface area contributed by atoms with Gasteiger partial charge in [-0.2, -0.15) is 5.10 Å². The fraction of sp³-hybridized carbons (Fsp3) is 0.636. The molecule has 29 heavy (non-hydrogen) atoms. The molecule has 2 aromatic heterocycles. The van der Waals surface area contributed by atoms with Crippen molar-refractivity contribution in [2.75, 3.05) is 39.8 Å². The fourth-order valence-electron chi connectivity index (χ4n) is 4.63. The number of rotatable bonds is 5. The number of hydrogen-bond acceptors (Lipinski definition) is 4. The maximum absolute atomic E-state index is 4.61. The number of aromatic nitrogens is 2. The van der Waals surface area contributed by atoms with E-state index in [-0.39, 0.29) is 0 Å². The Morgan fingerprint density at radius 3 is 2.79 bits per heavy atom. The average Bonchev–Trinajstić information content (AvgIpc) is 3.48. The van der Waals surface area contributed by atoms with Crippen molar-refractivity contribution >= 4 is 17.3 Å². The topological polar surface area (TPSA) is 48.7 Å². The molecule has 2 unspecified atom stereocenters. The van der Waals surface area contributed by atoms with Gasteiger partial charge in [-0.25, -0.2) is 0 Å². The smallest absolute Gasteiger partial charge is 0.193 e. The highest BCUT2D eigenvalue weighted by Crippen LogP contribution is 2.30. The van der Waals surface area contributed by atoms with Crippen LogP contribution < -0.4 is 5.32 Å². The van der Waals surface area contributed by atoms with E-state index in [1.54, 1.807) is 0 Å². The number of nitrogens with one attached hydrogen (secondary N) is 1. The highest BCUT2D eigenvalue weighted by molar-refractivity contribution is 7.10. The van der Waals surface area contributed by atoms with E-state index in [1.165, 1.54) is 36.4 Å². The third-order valence-corrected chi connectivity index (χ3v) is 7.45. The summed E-state index contributed by atoms with van der Waals surface area (Å²) in [5, 5.41) is 10.2. The van der Waals surface area contributed by atoms with Gasteiger partial charge >= 0.3 is 0 Å². The van der Waals surface area contributed by atoms with E-state index >= 15 is 0 Å². The van der Waals surface area contributed by atoms with Crippen LogP contribution in [0, 0.1) is 5.92 Å². The van der Waals surface area contributed by atoms with Gasteiger partial charge in [0.1, 0.15) is 0 Å². The first-order chi connectivity index (χ1) is 14.1. The molecule has 2 fully saturated rings. The largest absolute Gasteiger partial charge is 0.354 e. The number of piperidine rings is 1. The third kappa shape index (κ3) is 4.83. The van der Waals surface area contributed by atoms with Crippen molar-refractivity contribution in [1.82, 2.24) is 24.9 Å². The molecule has 158 valence electrons. The van der Waals surface area contributed by atoms with E-state index in [9.17, 15) is 0 Å². The molecule has 0 amide bonds. The van der Waals surface area contributed by atoms with Gasteiger partial charge in [0, 0.05) is 50.7 Å². The molecule has 0 aromatic carbocycles. The molecular formula is C22H34N6S. The van der Waals surface area contributed by atoms with Crippen LogP contribution in [0.2, 0.25) is 0 Å². The summed E-state index contributed by atoms with van der Waals surface area (Å²) in [6.07, 6.45) is 7.92. The summed E-state index contributed by atoms with van der Waals surface area (Å²) in [6, 6.07) is 4.88. The van der Waals surface area contributed by atoms with Gasteiger partial charge in [0.05, 0.1) is 12.2 Å². The molecule has 2 aliphatic heterocycles. The van der Waals surface area contributed by atoms with Gasteiger partial charge in [0.15, 0.2) is 5.96 Å². The minimum atomic E-state index is 0.427. The monoisotopic (exact) mass is 414 g/mol. The van der Waals surface area contributed by atoms with Gasteiger partial charge in [-0.3, -0.25) is 14.6 Å². The maximum Gasteiger partial charge on any atom is 0.193 e. The van der Waals surface area contributed by atoms with E-state index in [1.807, 2.05) is 36.3 Å². The first-order valence-electron chi connectivity index (χ1n) is 10.9. The molecule has 4 heterocycles. The minimum Gasteiger partial charge on any atom is -0.354 e. The van der Waals surface area contributed by atoms with Gasteiger partial charge < -0.3 is 10.2 Å². The van der Waals surface area contributed by atoms with Crippen LogP contribution in [0.25, 0.3) is 0 Å². The summed E-state index contributed by atoms with van der Waals surface area (Å²) in [7, 11) is 3.89. The molecule has 1 N–H and O–H groups in total. The third-order valence-electron chi connectivity index (χ3n) is 6.48. The molecule has 0 spiro atoms. The Morgan fingerprint density at radius 2 is 2.14 bits per heavy atom. The molecule has 2 atom stereocenters. The van der Waals surface area contributed by atoms with Crippen molar-refractivity contribution in [1.29, 1.82) is 0 Å². The summed E-state index contributed by atoms with van der Waals surface area (Å²) < 4.78 is 1.90. The van der Waals surface area contributed by atoms with Crippen molar-refractivity contribution in [3.63, 3.8) is 0 Å². The van der Waals surface area contributed by atoms with E-state index in [0.29, 0.717) is 12.0 Å². The molecule has 2 saturated heterocycles. The Kier molecular flexibility index (Phi) is 6.55. The summed E-state index contributed by atoms with van der Waals surface area (Å²) in [6.45, 7) is 7.73. The lowest BCUT2D eigenvalue weighted by atomic mass is 9.97. The van der Waals surface area contributed by atoms with Crippen LogP contribution in [0.5, 0.6) is 0 Å². The van der Waals surface area contributed by atoms with E-state index < -0.39 is 0 Å². The second-order valence-corrected chi connectivity index (χ2v) is 9.54. The number of aliphatic imine (C=N–C) groups is 1. The average molecular weight is 415 g/mol. The number of likely N-dealkylation sites (tertiary alicyclic amines) is 2. The molecule has 0 bridgehead atoms. The van der Waals surface area contributed by atoms with Gasteiger partial charge in [-0.15, -0.1) is 11.3 Å². The quantitative estimate of drug-likeness (QED) is 0.602. The number of thiophene rings is 1. The zero-order chi connectivity index (χ0) is 20.2. The Morgan fingerprint density at radius 1 is 1.31 bits per heavy atom. The summed E-state index contributed by atoms with van der Waals surface area (Å²) >= 11 is 1.87. The Hall–Kier alpha value is -1.86. The van der Waals surface area contributed by atoms with Crippen LogP contribution in [0.4, 0.5) is 0 Å².